The molecule has 4 nitrogen and oxygen atoms in total. The number of hydrogen-bond acceptors (Lipinski definition) is 3. The van der Waals surface area contributed by atoms with Crippen LogP contribution in [0.25, 0.3) is 0 Å². The van der Waals surface area contributed by atoms with E-state index in [-0.39, 0.29) is 0 Å². The Bertz CT molecular complexity index is 381. The van der Waals surface area contributed by atoms with Crippen molar-refractivity contribution in [1.29, 1.82) is 0 Å². The normalized spacial score (nSPS) is 24.7. The molecule has 0 radical (unpaired) electrons. The summed E-state index contributed by atoms with van der Waals surface area (Å²) in [5.41, 5.74) is 2.53. The highest BCUT2D eigenvalue weighted by atomic mass is 15.1. The largest absolute Gasteiger partial charge is 0.347 e. The van der Waals surface area contributed by atoms with Crippen molar-refractivity contribution in [3.8, 4) is 0 Å². The second-order valence-corrected chi connectivity index (χ2v) is 5.98. The van der Waals surface area contributed by atoms with Crippen molar-refractivity contribution in [2.75, 3.05) is 20.1 Å². The summed E-state index contributed by atoms with van der Waals surface area (Å²) < 4.78 is 0. The molecule has 3 rings (SSSR count). The summed E-state index contributed by atoms with van der Waals surface area (Å²) in [6, 6.07) is 0.562. The molecule has 1 atom stereocenters. The molecule has 2 N–H and O–H groups in total. The van der Waals surface area contributed by atoms with Gasteiger partial charge in [0.1, 0.15) is 0 Å². The molecular weight excluding hydrogens is 224 g/mol. The molecule has 1 saturated carbocycles. The highest BCUT2D eigenvalue weighted by Crippen LogP contribution is 2.25. The summed E-state index contributed by atoms with van der Waals surface area (Å²) >= 11 is 0. The maximum atomic E-state index is 4.40. The Labute approximate surface area is 109 Å². The van der Waals surface area contributed by atoms with E-state index < -0.39 is 0 Å². The Hall–Kier alpha value is -0.870. The molecule has 0 saturated heterocycles. The molecule has 0 bridgehead atoms. The fraction of sp³-hybridized carbons (Fsp3) is 0.786. The SMILES string of the molecule is CN(CC1CCCC1)CC1Cc2nc[nH]c2CN1. The zero-order chi connectivity index (χ0) is 12.4. The van der Waals surface area contributed by atoms with Gasteiger partial charge in [-0.15, -0.1) is 0 Å². The summed E-state index contributed by atoms with van der Waals surface area (Å²) in [6.45, 7) is 3.35. The van der Waals surface area contributed by atoms with Crippen molar-refractivity contribution in [2.24, 2.45) is 5.92 Å². The van der Waals surface area contributed by atoms with E-state index in [1.54, 1.807) is 0 Å². The van der Waals surface area contributed by atoms with Gasteiger partial charge in [-0.1, -0.05) is 12.8 Å². The first-order valence-corrected chi connectivity index (χ1v) is 7.24. The Morgan fingerprint density at radius 2 is 2.17 bits per heavy atom. The molecule has 1 aromatic rings. The molecule has 0 amide bonds. The van der Waals surface area contributed by atoms with Crippen LogP contribution in [-0.2, 0) is 13.0 Å². The average Bonchev–Trinajstić information content (AvgIpc) is 2.98. The number of aromatic amines is 1. The van der Waals surface area contributed by atoms with Crippen LogP contribution in [0.5, 0.6) is 0 Å². The van der Waals surface area contributed by atoms with E-state index >= 15 is 0 Å². The second kappa shape index (κ2) is 5.41. The van der Waals surface area contributed by atoms with Crippen LogP contribution in [0, 0.1) is 5.92 Å². The lowest BCUT2D eigenvalue weighted by atomic mass is 10.0. The molecule has 18 heavy (non-hydrogen) atoms. The first-order valence-electron chi connectivity index (χ1n) is 7.24. The lowest BCUT2D eigenvalue weighted by molar-refractivity contribution is 0.242. The minimum atomic E-state index is 0.562. The van der Waals surface area contributed by atoms with Crippen molar-refractivity contribution in [3.05, 3.63) is 17.7 Å². The molecular formula is C14H24N4. The fourth-order valence-electron chi connectivity index (χ4n) is 3.44. The predicted octanol–water partition coefficient (Wildman–Crippen LogP) is 1.55. The van der Waals surface area contributed by atoms with Crippen molar-refractivity contribution in [3.63, 3.8) is 0 Å². The van der Waals surface area contributed by atoms with E-state index in [1.807, 2.05) is 6.33 Å². The van der Waals surface area contributed by atoms with Gasteiger partial charge < -0.3 is 15.2 Å². The van der Waals surface area contributed by atoms with Crippen LogP contribution in [-0.4, -0.2) is 41.0 Å². The molecule has 0 spiro atoms. The molecule has 1 fully saturated rings. The fourth-order valence-corrected chi connectivity index (χ4v) is 3.44. The first-order chi connectivity index (χ1) is 8.81. The van der Waals surface area contributed by atoms with Gasteiger partial charge >= 0.3 is 0 Å². The number of nitrogens with zero attached hydrogens (tertiary/aromatic N) is 2. The van der Waals surface area contributed by atoms with Crippen LogP contribution < -0.4 is 5.32 Å². The van der Waals surface area contributed by atoms with E-state index in [4.69, 9.17) is 0 Å². The number of imidazole rings is 1. The third-order valence-corrected chi connectivity index (χ3v) is 4.39. The molecule has 1 aliphatic carbocycles. The molecule has 100 valence electrons. The van der Waals surface area contributed by atoms with Gasteiger partial charge in [0, 0.05) is 32.1 Å². The van der Waals surface area contributed by atoms with Crippen molar-refractivity contribution in [2.45, 2.75) is 44.7 Å². The van der Waals surface area contributed by atoms with Gasteiger partial charge in [0.2, 0.25) is 0 Å². The highest BCUT2D eigenvalue weighted by Gasteiger charge is 2.22. The second-order valence-electron chi connectivity index (χ2n) is 5.98. The smallest absolute Gasteiger partial charge is 0.0925 e. The van der Waals surface area contributed by atoms with Gasteiger partial charge in [-0.3, -0.25) is 0 Å². The molecule has 4 heteroatoms. The summed E-state index contributed by atoms with van der Waals surface area (Å²) in [5.74, 6) is 0.944. The lowest BCUT2D eigenvalue weighted by Crippen LogP contribution is -2.44. The molecule has 1 aromatic heterocycles. The van der Waals surface area contributed by atoms with Crippen molar-refractivity contribution in [1.82, 2.24) is 20.2 Å². The summed E-state index contributed by atoms with van der Waals surface area (Å²) in [6.07, 6.45) is 8.64. The van der Waals surface area contributed by atoms with Crippen molar-refractivity contribution >= 4 is 0 Å². The highest BCUT2D eigenvalue weighted by molar-refractivity contribution is 5.15. The van der Waals surface area contributed by atoms with E-state index in [1.165, 1.54) is 43.6 Å². The first kappa shape index (κ1) is 12.2. The Balaban J connectivity index is 1.48. The Morgan fingerprint density at radius 1 is 1.33 bits per heavy atom. The number of nitrogens with one attached hydrogen (secondary N) is 2. The number of likely N-dealkylation sites (N-methyl/N-ethyl adjacent to an activating group) is 1. The summed E-state index contributed by atoms with van der Waals surface area (Å²) in [5, 5.41) is 3.60. The van der Waals surface area contributed by atoms with E-state index in [0.29, 0.717) is 6.04 Å². The van der Waals surface area contributed by atoms with Gasteiger partial charge in [-0.2, -0.15) is 0 Å². The molecule has 1 aliphatic heterocycles. The number of fused-ring (bicyclic) bond motifs is 1. The van der Waals surface area contributed by atoms with Crippen LogP contribution in [0.4, 0.5) is 0 Å². The van der Waals surface area contributed by atoms with Gasteiger partial charge in [0.25, 0.3) is 0 Å². The Kier molecular flexibility index (Phi) is 3.66. The van der Waals surface area contributed by atoms with Crippen LogP contribution >= 0.6 is 0 Å². The summed E-state index contributed by atoms with van der Waals surface area (Å²) in [4.78, 5) is 10.1. The zero-order valence-electron chi connectivity index (χ0n) is 11.3. The lowest BCUT2D eigenvalue weighted by Gasteiger charge is -2.29. The predicted molar refractivity (Wildman–Crippen MR) is 72.4 cm³/mol. The maximum Gasteiger partial charge on any atom is 0.0925 e. The van der Waals surface area contributed by atoms with E-state index in [2.05, 4.69) is 27.2 Å². The van der Waals surface area contributed by atoms with E-state index in [0.717, 1.165) is 25.4 Å². The quantitative estimate of drug-likeness (QED) is 0.849. The van der Waals surface area contributed by atoms with Crippen LogP contribution in [0.1, 0.15) is 37.1 Å². The maximum absolute atomic E-state index is 4.40. The van der Waals surface area contributed by atoms with Gasteiger partial charge in [0.15, 0.2) is 0 Å². The minimum Gasteiger partial charge on any atom is -0.347 e. The molecule has 2 heterocycles. The van der Waals surface area contributed by atoms with Crippen LogP contribution in [0.3, 0.4) is 0 Å². The number of aromatic nitrogens is 2. The van der Waals surface area contributed by atoms with E-state index in [9.17, 15) is 0 Å². The van der Waals surface area contributed by atoms with Gasteiger partial charge in [-0.25, -0.2) is 4.98 Å². The number of rotatable bonds is 4. The third-order valence-electron chi connectivity index (χ3n) is 4.39. The topological polar surface area (TPSA) is 44.0 Å². The zero-order valence-corrected chi connectivity index (χ0v) is 11.3. The van der Waals surface area contributed by atoms with Crippen molar-refractivity contribution < 1.29 is 0 Å². The third kappa shape index (κ3) is 2.75. The van der Waals surface area contributed by atoms with Crippen LogP contribution in [0.15, 0.2) is 6.33 Å². The van der Waals surface area contributed by atoms with Gasteiger partial charge in [0.05, 0.1) is 17.7 Å². The minimum absolute atomic E-state index is 0.562. The number of H-pyrrole nitrogens is 1. The molecule has 0 aromatic carbocycles. The summed E-state index contributed by atoms with van der Waals surface area (Å²) in [7, 11) is 2.26. The van der Waals surface area contributed by atoms with Crippen LogP contribution in [0.2, 0.25) is 0 Å². The monoisotopic (exact) mass is 248 g/mol. The molecule has 2 aliphatic rings. The molecule has 1 unspecified atom stereocenters. The van der Waals surface area contributed by atoms with Gasteiger partial charge in [-0.05, 0) is 25.8 Å². The standard InChI is InChI=1S/C14H24N4/c1-18(8-11-4-2-3-5-11)9-12-6-13-14(7-15-12)17-10-16-13/h10-12,15H,2-9H2,1H3,(H,16,17). The number of hydrogen-bond donors (Lipinski definition) is 2. The average molecular weight is 248 g/mol. The Morgan fingerprint density at radius 3 is 3.00 bits per heavy atom.